The topological polar surface area (TPSA) is 106 Å². The summed E-state index contributed by atoms with van der Waals surface area (Å²) in [6.07, 6.45) is 2.66. The van der Waals surface area contributed by atoms with Crippen LogP contribution in [0.25, 0.3) is 17.0 Å². The van der Waals surface area contributed by atoms with E-state index in [0.29, 0.717) is 11.3 Å². The lowest BCUT2D eigenvalue weighted by molar-refractivity contribution is -0.128. The van der Waals surface area contributed by atoms with Gasteiger partial charge in [-0.3, -0.25) is 4.79 Å². The number of aromatic hydroxyl groups is 2. The lowest BCUT2D eigenvalue weighted by atomic mass is 10.2. The van der Waals surface area contributed by atoms with Crippen LogP contribution in [0, 0.1) is 6.92 Å². The van der Waals surface area contributed by atoms with E-state index in [9.17, 15) is 19.8 Å². The van der Waals surface area contributed by atoms with E-state index < -0.39 is 5.97 Å². The Hall–Kier alpha value is -3.74. The van der Waals surface area contributed by atoms with Crippen LogP contribution in [0.4, 0.5) is 0 Å². The average molecular weight is 368 g/mol. The Morgan fingerprint density at radius 2 is 1.89 bits per heavy atom. The second-order valence-corrected chi connectivity index (χ2v) is 5.72. The van der Waals surface area contributed by atoms with Crippen LogP contribution in [0.5, 0.6) is 23.0 Å². The van der Waals surface area contributed by atoms with Gasteiger partial charge in [0, 0.05) is 24.3 Å². The Balaban J connectivity index is 1.83. The third-order valence-electron chi connectivity index (χ3n) is 3.74. The van der Waals surface area contributed by atoms with E-state index in [1.54, 1.807) is 19.1 Å². The number of hydrogen-bond acceptors (Lipinski definition) is 7. The van der Waals surface area contributed by atoms with Crippen LogP contribution in [0.2, 0.25) is 0 Å². The highest BCUT2D eigenvalue weighted by Crippen LogP contribution is 2.29. The SMILES string of the molecule is COc1cc(/C=C/C(=O)Oc2cc(O)c3c(=O)cc(C)oc3c2)ccc1O. The predicted molar refractivity (Wildman–Crippen MR) is 98.2 cm³/mol. The van der Waals surface area contributed by atoms with Gasteiger partial charge in [0.15, 0.2) is 16.9 Å². The van der Waals surface area contributed by atoms with Crippen molar-refractivity contribution < 1.29 is 28.9 Å². The highest BCUT2D eigenvalue weighted by molar-refractivity contribution is 5.90. The Bertz CT molecular complexity index is 1110. The van der Waals surface area contributed by atoms with Crippen LogP contribution < -0.4 is 14.9 Å². The zero-order valence-corrected chi connectivity index (χ0v) is 14.6. The molecule has 1 heterocycles. The fraction of sp³-hybridized carbons (Fsp3) is 0.100. The van der Waals surface area contributed by atoms with Crippen molar-refractivity contribution in [2.45, 2.75) is 6.92 Å². The van der Waals surface area contributed by atoms with E-state index in [2.05, 4.69) is 0 Å². The van der Waals surface area contributed by atoms with Crippen molar-refractivity contribution in [3.63, 3.8) is 0 Å². The monoisotopic (exact) mass is 368 g/mol. The number of esters is 1. The fourth-order valence-corrected chi connectivity index (χ4v) is 2.54. The van der Waals surface area contributed by atoms with Crippen molar-refractivity contribution in [1.29, 1.82) is 0 Å². The van der Waals surface area contributed by atoms with Crippen molar-refractivity contribution in [3.8, 4) is 23.0 Å². The number of methoxy groups -OCH3 is 1. The molecule has 0 aliphatic heterocycles. The molecule has 2 N–H and O–H groups in total. The van der Waals surface area contributed by atoms with Crippen molar-refractivity contribution in [1.82, 2.24) is 0 Å². The summed E-state index contributed by atoms with van der Waals surface area (Å²) in [6.45, 7) is 1.60. The minimum atomic E-state index is -0.698. The van der Waals surface area contributed by atoms with Crippen LogP contribution in [0.3, 0.4) is 0 Å². The molecular formula is C20H16O7. The quantitative estimate of drug-likeness (QED) is 0.414. The Kier molecular flexibility index (Phi) is 4.85. The molecule has 0 saturated heterocycles. The van der Waals surface area contributed by atoms with Gasteiger partial charge >= 0.3 is 5.97 Å². The summed E-state index contributed by atoms with van der Waals surface area (Å²) in [4.78, 5) is 23.9. The number of phenolic OH excluding ortho intramolecular Hbond substituents is 2. The highest BCUT2D eigenvalue weighted by Gasteiger charge is 2.12. The maximum Gasteiger partial charge on any atom is 0.336 e. The van der Waals surface area contributed by atoms with Gasteiger partial charge in [-0.25, -0.2) is 4.79 Å². The number of phenols is 2. The zero-order chi connectivity index (χ0) is 19.6. The molecule has 3 aromatic rings. The molecule has 0 unspecified atom stereocenters. The van der Waals surface area contributed by atoms with Crippen LogP contribution in [0.1, 0.15) is 11.3 Å². The first-order valence-corrected chi connectivity index (χ1v) is 7.92. The largest absolute Gasteiger partial charge is 0.507 e. The minimum absolute atomic E-state index is 0.0133. The third-order valence-corrected chi connectivity index (χ3v) is 3.74. The third kappa shape index (κ3) is 3.92. The Morgan fingerprint density at radius 1 is 1.11 bits per heavy atom. The van der Waals surface area contributed by atoms with E-state index >= 15 is 0 Å². The Labute approximate surface area is 153 Å². The molecule has 0 spiro atoms. The van der Waals surface area contributed by atoms with E-state index in [0.717, 1.165) is 0 Å². The van der Waals surface area contributed by atoms with Crippen molar-refractivity contribution in [2.75, 3.05) is 7.11 Å². The van der Waals surface area contributed by atoms with Crippen LogP contribution in [-0.4, -0.2) is 23.3 Å². The maximum atomic E-state index is 12.0. The van der Waals surface area contributed by atoms with E-state index in [4.69, 9.17) is 13.9 Å². The summed E-state index contributed by atoms with van der Waals surface area (Å²) in [5.74, 6) is -0.369. The predicted octanol–water partition coefficient (Wildman–Crippen LogP) is 3.14. The first kappa shape index (κ1) is 18.1. The summed E-state index contributed by atoms with van der Waals surface area (Å²) < 4.78 is 15.6. The van der Waals surface area contributed by atoms with Crippen LogP contribution >= 0.6 is 0 Å². The molecule has 0 amide bonds. The van der Waals surface area contributed by atoms with Gasteiger partial charge in [-0.05, 0) is 30.7 Å². The molecule has 138 valence electrons. The first-order chi connectivity index (χ1) is 12.9. The van der Waals surface area contributed by atoms with Gasteiger partial charge in [-0.15, -0.1) is 0 Å². The second-order valence-electron chi connectivity index (χ2n) is 5.72. The minimum Gasteiger partial charge on any atom is -0.507 e. The van der Waals surface area contributed by atoms with Crippen molar-refractivity contribution >= 4 is 23.0 Å². The lowest BCUT2D eigenvalue weighted by Crippen LogP contribution is -2.05. The summed E-state index contributed by atoms with van der Waals surface area (Å²) >= 11 is 0. The molecule has 3 rings (SSSR count). The number of carbonyl (C=O) groups is 1. The number of ether oxygens (including phenoxy) is 2. The van der Waals surface area contributed by atoms with Gasteiger partial charge in [-0.1, -0.05) is 6.07 Å². The molecule has 0 aliphatic rings. The smallest absolute Gasteiger partial charge is 0.336 e. The van der Waals surface area contributed by atoms with E-state index in [-0.39, 0.29) is 39.4 Å². The lowest BCUT2D eigenvalue weighted by Gasteiger charge is -2.06. The summed E-state index contributed by atoms with van der Waals surface area (Å²) in [5, 5.41) is 19.6. The highest BCUT2D eigenvalue weighted by atomic mass is 16.5. The molecule has 0 fully saturated rings. The molecule has 1 aromatic heterocycles. The molecule has 0 saturated carbocycles. The summed E-state index contributed by atoms with van der Waals surface area (Å²) in [6, 6.07) is 8.39. The molecule has 7 nitrogen and oxygen atoms in total. The van der Waals surface area contributed by atoms with Crippen LogP contribution in [0.15, 0.2) is 51.7 Å². The number of hydrogen-bond donors (Lipinski definition) is 2. The normalized spacial score (nSPS) is 11.0. The van der Waals surface area contributed by atoms with Crippen LogP contribution in [-0.2, 0) is 4.79 Å². The second kappa shape index (κ2) is 7.25. The van der Waals surface area contributed by atoms with Gasteiger partial charge in [0.25, 0.3) is 0 Å². The molecule has 0 radical (unpaired) electrons. The Morgan fingerprint density at radius 3 is 2.63 bits per heavy atom. The van der Waals surface area contributed by atoms with Gasteiger partial charge < -0.3 is 24.1 Å². The van der Waals surface area contributed by atoms with Crippen molar-refractivity contribution in [2.24, 2.45) is 0 Å². The van der Waals surface area contributed by atoms with Gasteiger partial charge in [-0.2, -0.15) is 0 Å². The summed E-state index contributed by atoms with van der Waals surface area (Å²) in [5.41, 5.74) is 0.352. The van der Waals surface area contributed by atoms with Crippen molar-refractivity contribution in [3.05, 3.63) is 64.0 Å². The standard InChI is InChI=1S/C20H16O7/c1-11-7-15(22)20-16(23)9-13(10-18(20)26-11)27-19(24)6-4-12-3-5-14(21)17(8-12)25-2/h3-10,21,23H,1-2H3/b6-4+. The van der Waals surface area contributed by atoms with Gasteiger partial charge in [0.2, 0.25) is 0 Å². The number of aryl methyl sites for hydroxylation is 1. The van der Waals surface area contributed by atoms with E-state index in [1.807, 2.05) is 0 Å². The number of rotatable bonds is 4. The molecule has 27 heavy (non-hydrogen) atoms. The molecular weight excluding hydrogens is 352 g/mol. The maximum absolute atomic E-state index is 12.0. The van der Waals surface area contributed by atoms with Gasteiger partial charge in [0.05, 0.1) is 7.11 Å². The number of fused-ring (bicyclic) bond motifs is 1. The van der Waals surface area contributed by atoms with E-state index in [1.165, 1.54) is 43.5 Å². The fourth-order valence-electron chi connectivity index (χ4n) is 2.54. The zero-order valence-electron chi connectivity index (χ0n) is 14.6. The average Bonchev–Trinajstić information content (AvgIpc) is 2.60. The number of carbonyl (C=O) groups excluding carboxylic acids is 1. The number of benzene rings is 2. The molecule has 7 heteroatoms. The van der Waals surface area contributed by atoms with Gasteiger partial charge in [0.1, 0.15) is 28.2 Å². The molecule has 0 bridgehead atoms. The first-order valence-electron chi connectivity index (χ1n) is 7.92. The molecule has 2 aromatic carbocycles. The molecule has 0 atom stereocenters. The summed E-state index contributed by atoms with van der Waals surface area (Å²) in [7, 11) is 1.42. The molecule has 0 aliphatic carbocycles.